The summed E-state index contributed by atoms with van der Waals surface area (Å²) in [6, 6.07) is 3.22. The molecule has 0 aliphatic rings. The average Bonchev–Trinajstić information content (AvgIpc) is 2.52. The lowest BCUT2D eigenvalue weighted by molar-refractivity contribution is 0.385. The zero-order valence-electron chi connectivity index (χ0n) is 9.63. The van der Waals surface area contributed by atoms with Crippen LogP contribution in [0.4, 0.5) is 4.39 Å². The van der Waals surface area contributed by atoms with Gasteiger partial charge in [0, 0.05) is 19.2 Å². The zero-order chi connectivity index (χ0) is 12.6. The van der Waals surface area contributed by atoms with Crippen molar-refractivity contribution in [1.29, 1.82) is 0 Å². The maximum atomic E-state index is 13.4. The van der Waals surface area contributed by atoms with Gasteiger partial charge < -0.3 is 14.5 Å². The second kappa shape index (κ2) is 4.88. The fourth-order valence-electron chi connectivity index (χ4n) is 1.67. The summed E-state index contributed by atoms with van der Waals surface area (Å²) in [5.74, 6) is -0.284. The minimum atomic E-state index is -0.284. The lowest BCUT2D eigenvalue weighted by Crippen LogP contribution is -2.18. The van der Waals surface area contributed by atoms with Gasteiger partial charge in [-0.05, 0) is 48.3 Å². The number of hydrogen-bond acceptors (Lipinski definition) is 2. The molecule has 2 aromatic rings. The van der Waals surface area contributed by atoms with Crippen molar-refractivity contribution in [1.82, 2.24) is 14.5 Å². The van der Waals surface area contributed by atoms with Crippen molar-refractivity contribution in [3.63, 3.8) is 0 Å². The number of aromatic nitrogens is 2. The van der Waals surface area contributed by atoms with Crippen LogP contribution in [0.5, 0.6) is 0 Å². The molecule has 0 unspecified atom stereocenters. The molecule has 0 radical (unpaired) electrons. The van der Waals surface area contributed by atoms with Gasteiger partial charge in [0.2, 0.25) is 0 Å². The van der Waals surface area contributed by atoms with E-state index in [1.54, 1.807) is 6.07 Å². The molecule has 1 aromatic heterocycles. The standard InChI is InChI=1S/C11H13BrFN3S/c1-15(2)3-4-16-10-5-7(12)8(13)6-9(10)14-11(16)17/h5-6H,3-4H2,1-2H3,(H,14,17). The lowest BCUT2D eigenvalue weighted by Gasteiger charge is -2.10. The molecule has 92 valence electrons. The van der Waals surface area contributed by atoms with Crippen LogP contribution in [-0.4, -0.2) is 35.1 Å². The van der Waals surface area contributed by atoms with Gasteiger partial charge >= 0.3 is 0 Å². The Labute approximate surface area is 112 Å². The second-order valence-electron chi connectivity index (χ2n) is 4.17. The number of aromatic amines is 1. The Morgan fingerprint density at radius 1 is 1.47 bits per heavy atom. The lowest BCUT2D eigenvalue weighted by atomic mass is 10.3. The summed E-state index contributed by atoms with van der Waals surface area (Å²) in [6.07, 6.45) is 0. The quantitative estimate of drug-likeness (QED) is 0.879. The molecule has 0 saturated carbocycles. The van der Waals surface area contributed by atoms with Crippen LogP contribution in [0.15, 0.2) is 16.6 Å². The van der Waals surface area contributed by atoms with Crippen LogP contribution in [-0.2, 0) is 6.54 Å². The predicted octanol–water partition coefficient (Wildman–Crippen LogP) is 3.16. The fourth-order valence-corrected chi connectivity index (χ4v) is 2.30. The number of likely N-dealkylation sites (N-methyl/N-ethyl adjacent to an activating group) is 1. The van der Waals surface area contributed by atoms with Gasteiger partial charge in [-0.1, -0.05) is 0 Å². The highest BCUT2D eigenvalue weighted by Crippen LogP contribution is 2.23. The van der Waals surface area contributed by atoms with Crippen LogP contribution in [0.3, 0.4) is 0 Å². The second-order valence-corrected chi connectivity index (χ2v) is 5.41. The van der Waals surface area contributed by atoms with E-state index in [0.29, 0.717) is 9.24 Å². The normalized spacial score (nSPS) is 11.6. The minimum absolute atomic E-state index is 0.284. The van der Waals surface area contributed by atoms with Gasteiger partial charge in [0.25, 0.3) is 0 Å². The highest BCUT2D eigenvalue weighted by atomic mass is 79.9. The van der Waals surface area contributed by atoms with E-state index < -0.39 is 0 Å². The number of halogens is 2. The molecule has 6 heteroatoms. The Morgan fingerprint density at radius 2 is 2.18 bits per heavy atom. The summed E-state index contributed by atoms with van der Waals surface area (Å²) in [5.41, 5.74) is 1.65. The maximum Gasteiger partial charge on any atom is 0.178 e. The first-order valence-corrected chi connectivity index (χ1v) is 6.41. The Balaban J connectivity index is 2.51. The molecule has 0 saturated heterocycles. The first-order chi connectivity index (χ1) is 7.99. The van der Waals surface area contributed by atoms with E-state index >= 15 is 0 Å². The number of nitrogens with one attached hydrogen (secondary N) is 1. The largest absolute Gasteiger partial charge is 0.330 e. The highest BCUT2D eigenvalue weighted by molar-refractivity contribution is 9.10. The SMILES string of the molecule is CN(C)CCn1c(=S)[nH]c2cc(F)c(Br)cc21. The third kappa shape index (κ3) is 2.59. The topological polar surface area (TPSA) is 24.0 Å². The maximum absolute atomic E-state index is 13.4. The van der Waals surface area contributed by atoms with Crippen molar-refractivity contribution in [2.45, 2.75) is 6.54 Å². The molecule has 17 heavy (non-hydrogen) atoms. The van der Waals surface area contributed by atoms with Gasteiger partial charge in [-0.3, -0.25) is 0 Å². The molecule has 0 aliphatic heterocycles. The molecule has 0 fully saturated rings. The number of rotatable bonds is 3. The van der Waals surface area contributed by atoms with Gasteiger partial charge in [0.15, 0.2) is 4.77 Å². The summed E-state index contributed by atoms with van der Waals surface area (Å²) in [5, 5.41) is 0. The van der Waals surface area contributed by atoms with Crippen molar-refractivity contribution in [3.05, 3.63) is 27.2 Å². The molecule has 0 amide bonds. The molecule has 0 atom stereocenters. The van der Waals surface area contributed by atoms with Crippen LogP contribution in [0, 0.1) is 10.6 Å². The molecule has 1 N–H and O–H groups in total. The summed E-state index contributed by atoms with van der Waals surface area (Å²) in [4.78, 5) is 5.10. The molecule has 1 heterocycles. The Kier molecular flexibility index (Phi) is 3.65. The Morgan fingerprint density at radius 3 is 2.82 bits per heavy atom. The van der Waals surface area contributed by atoms with Gasteiger partial charge in [0.05, 0.1) is 15.5 Å². The van der Waals surface area contributed by atoms with Crippen molar-refractivity contribution < 1.29 is 4.39 Å². The summed E-state index contributed by atoms with van der Waals surface area (Å²) >= 11 is 8.44. The number of imidazole rings is 1. The average molecular weight is 318 g/mol. The summed E-state index contributed by atoms with van der Waals surface area (Å²) < 4.78 is 16.4. The molecular weight excluding hydrogens is 305 g/mol. The van der Waals surface area contributed by atoms with E-state index in [2.05, 4.69) is 25.8 Å². The van der Waals surface area contributed by atoms with Gasteiger partial charge in [-0.2, -0.15) is 0 Å². The Bertz CT molecular complexity index is 603. The van der Waals surface area contributed by atoms with E-state index in [1.807, 2.05) is 18.7 Å². The van der Waals surface area contributed by atoms with E-state index in [-0.39, 0.29) is 5.82 Å². The monoisotopic (exact) mass is 317 g/mol. The first-order valence-electron chi connectivity index (χ1n) is 5.21. The smallest absolute Gasteiger partial charge is 0.178 e. The van der Waals surface area contributed by atoms with Gasteiger partial charge in [0.1, 0.15) is 5.82 Å². The van der Waals surface area contributed by atoms with Gasteiger partial charge in [-0.15, -0.1) is 0 Å². The van der Waals surface area contributed by atoms with E-state index in [9.17, 15) is 4.39 Å². The van der Waals surface area contributed by atoms with E-state index in [0.717, 1.165) is 24.1 Å². The molecule has 2 rings (SSSR count). The van der Waals surface area contributed by atoms with Crippen molar-refractivity contribution >= 4 is 39.2 Å². The molecule has 0 bridgehead atoms. The third-order valence-electron chi connectivity index (χ3n) is 2.59. The predicted molar refractivity (Wildman–Crippen MR) is 73.3 cm³/mol. The highest BCUT2D eigenvalue weighted by Gasteiger charge is 2.08. The zero-order valence-corrected chi connectivity index (χ0v) is 12.0. The van der Waals surface area contributed by atoms with Crippen molar-refractivity contribution in [3.8, 4) is 0 Å². The summed E-state index contributed by atoms with van der Waals surface area (Å²) in [6.45, 7) is 1.67. The number of H-pyrrole nitrogens is 1. The minimum Gasteiger partial charge on any atom is -0.330 e. The Hall–Kier alpha value is -0.720. The molecular formula is C11H13BrFN3S. The van der Waals surface area contributed by atoms with E-state index in [1.165, 1.54) is 6.07 Å². The molecule has 0 spiro atoms. The molecule has 1 aromatic carbocycles. The number of fused-ring (bicyclic) bond motifs is 1. The molecule has 3 nitrogen and oxygen atoms in total. The first kappa shape index (κ1) is 12.7. The molecule has 0 aliphatic carbocycles. The number of nitrogens with zero attached hydrogens (tertiary/aromatic N) is 2. The number of benzene rings is 1. The van der Waals surface area contributed by atoms with E-state index in [4.69, 9.17) is 12.2 Å². The third-order valence-corrected chi connectivity index (χ3v) is 3.52. The fraction of sp³-hybridized carbons (Fsp3) is 0.364. The summed E-state index contributed by atoms with van der Waals surface area (Å²) in [7, 11) is 4.02. The van der Waals surface area contributed by atoms with Crippen LogP contribution in [0.1, 0.15) is 0 Å². The number of hydrogen-bond donors (Lipinski definition) is 1. The van der Waals surface area contributed by atoms with Crippen molar-refractivity contribution in [2.24, 2.45) is 0 Å². The van der Waals surface area contributed by atoms with Crippen LogP contribution < -0.4 is 0 Å². The van der Waals surface area contributed by atoms with Gasteiger partial charge in [-0.25, -0.2) is 4.39 Å². The van der Waals surface area contributed by atoms with Crippen LogP contribution in [0.25, 0.3) is 11.0 Å². The van der Waals surface area contributed by atoms with Crippen molar-refractivity contribution in [2.75, 3.05) is 20.6 Å². The van der Waals surface area contributed by atoms with Crippen LogP contribution in [0.2, 0.25) is 0 Å². The van der Waals surface area contributed by atoms with Crippen LogP contribution >= 0.6 is 28.1 Å².